The normalized spacial score (nSPS) is 11.2. The maximum absolute atomic E-state index is 12.0. The van der Waals surface area contributed by atoms with Gasteiger partial charge in [0.2, 0.25) is 0 Å². The molecule has 0 amide bonds. The van der Waals surface area contributed by atoms with E-state index in [0.29, 0.717) is 13.2 Å². The smallest absolute Gasteiger partial charge is 0.491 e. The van der Waals surface area contributed by atoms with E-state index in [9.17, 15) is 22.8 Å². The fraction of sp³-hybridized carbons (Fsp3) is 0.391. The molecule has 0 aliphatic heterocycles. The number of ether oxygens (including phenoxy) is 2. The Labute approximate surface area is 189 Å². The van der Waals surface area contributed by atoms with Gasteiger partial charge in [-0.15, -0.1) is 0 Å². The Morgan fingerprint density at radius 3 is 2.09 bits per heavy atom. The highest BCUT2D eigenvalue weighted by atomic mass is 35.5. The number of aryl methyl sites for hydroxylation is 2. The van der Waals surface area contributed by atoms with Crippen LogP contribution in [0.3, 0.4) is 0 Å². The van der Waals surface area contributed by atoms with Gasteiger partial charge in [0.1, 0.15) is 5.75 Å². The number of alkyl halides is 3. The molecule has 0 saturated heterocycles. The Kier molecular flexibility index (Phi) is 10.5. The first kappa shape index (κ1) is 25.7. The van der Waals surface area contributed by atoms with Gasteiger partial charge in [-0.2, -0.15) is 13.2 Å². The zero-order chi connectivity index (χ0) is 23.4. The van der Waals surface area contributed by atoms with Gasteiger partial charge in [-0.05, 0) is 67.6 Å². The fourth-order valence-corrected chi connectivity index (χ4v) is 2.94. The molecule has 9 heteroatoms. The second-order valence-corrected chi connectivity index (χ2v) is 7.52. The molecule has 0 heterocycles. The summed E-state index contributed by atoms with van der Waals surface area (Å²) < 4.78 is 45.4. The van der Waals surface area contributed by atoms with Crippen molar-refractivity contribution in [2.75, 3.05) is 19.7 Å². The van der Waals surface area contributed by atoms with Crippen LogP contribution in [-0.2, 0) is 27.2 Å². The van der Waals surface area contributed by atoms with Crippen LogP contribution in [0.5, 0.6) is 5.75 Å². The summed E-state index contributed by atoms with van der Waals surface area (Å²) in [4.78, 5) is 21.7. The second kappa shape index (κ2) is 13.1. The SMILES string of the molecule is O=C(CCNCCCc1ccc(OCCCc2ccc(Cl)cc2)cc1)OC(=O)C(F)(F)F. The fourth-order valence-electron chi connectivity index (χ4n) is 2.81. The van der Waals surface area contributed by atoms with E-state index in [1.807, 2.05) is 48.5 Å². The van der Waals surface area contributed by atoms with Crippen LogP contribution in [0.25, 0.3) is 0 Å². The highest BCUT2D eigenvalue weighted by molar-refractivity contribution is 6.30. The van der Waals surface area contributed by atoms with Crippen LogP contribution in [-0.4, -0.2) is 37.8 Å². The van der Waals surface area contributed by atoms with Crippen molar-refractivity contribution in [3.63, 3.8) is 0 Å². The molecular formula is C23H25ClF3NO4. The number of hydrogen-bond donors (Lipinski definition) is 1. The quantitative estimate of drug-likeness (QED) is 0.271. The monoisotopic (exact) mass is 471 g/mol. The van der Waals surface area contributed by atoms with E-state index in [2.05, 4.69) is 10.1 Å². The Balaban J connectivity index is 1.53. The van der Waals surface area contributed by atoms with Gasteiger partial charge >= 0.3 is 18.1 Å². The molecule has 0 fully saturated rings. The molecule has 0 bridgehead atoms. The summed E-state index contributed by atoms with van der Waals surface area (Å²) in [5.74, 6) is -2.89. The molecule has 2 aromatic carbocycles. The Bertz CT molecular complexity index is 855. The molecule has 0 atom stereocenters. The van der Waals surface area contributed by atoms with Gasteiger partial charge in [-0.3, -0.25) is 4.79 Å². The minimum atomic E-state index is -5.17. The van der Waals surface area contributed by atoms with Crippen molar-refractivity contribution < 1.29 is 32.2 Å². The van der Waals surface area contributed by atoms with Gasteiger partial charge in [0.15, 0.2) is 0 Å². The summed E-state index contributed by atoms with van der Waals surface area (Å²) >= 11 is 5.87. The Morgan fingerprint density at radius 1 is 0.875 bits per heavy atom. The molecule has 32 heavy (non-hydrogen) atoms. The number of benzene rings is 2. The number of rotatable bonds is 12. The van der Waals surface area contributed by atoms with Crippen LogP contribution in [0.4, 0.5) is 13.2 Å². The van der Waals surface area contributed by atoms with Crippen molar-refractivity contribution in [1.82, 2.24) is 5.32 Å². The third-order valence-electron chi connectivity index (χ3n) is 4.48. The van der Waals surface area contributed by atoms with Crippen LogP contribution in [0.15, 0.2) is 48.5 Å². The third-order valence-corrected chi connectivity index (χ3v) is 4.73. The minimum Gasteiger partial charge on any atom is -0.494 e. The second-order valence-electron chi connectivity index (χ2n) is 7.09. The number of carbonyl (C=O) groups is 2. The van der Waals surface area contributed by atoms with Crippen molar-refractivity contribution in [3.8, 4) is 5.75 Å². The lowest BCUT2D eigenvalue weighted by atomic mass is 10.1. The molecule has 2 aromatic rings. The van der Waals surface area contributed by atoms with Crippen molar-refractivity contribution >= 4 is 23.5 Å². The van der Waals surface area contributed by atoms with E-state index in [1.54, 1.807) is 0 Å². The van der Waals surface area contributed by atoms with Crippen molar-refractivity contribution in [2.45, 2.75) is 38.3 Å². The molecule has 174 valence electrons. The first-order valence-corrected chi connectivity index (χ1v) is 10.6. The zero-order valence-electron chi connectivity index (χ0n) is 17.4. The number of hydrogen-bond acceptors (Lipinski definition) is 5. The number of esters is 2. The van der Waals surface area contributed by atoms with Crippen molar-refractivity contribution in [1.29, 1.82) is 0 Å². The molecule has 0 unspecified atom stereocenters. The van der Waals surface area contributed by atoms with E-state index in [-0.39, 0.29) is 13.0 Å². The molecule has 2 rings (SSSR count). The van der Waals surface area contributed by atoms with E-state index in [0.717, 1.165) is 42.0 Å². The average molecular weight is 472 g/mol. The summed E-state index contributed by atoms with van der Waals surface area (Å²) in [6.07, 6.45) is -2.10. The summed E-state index contributed by atoms with van der Waals surface area (Å²) in [5, 5.41) is 3.66. The first-order chi connectivity index (χ1) is 15.2. The van der Waals surface area contributed by atoms with Crippen LogP contribution in [0.1, 0.15) is 30.4 Å². The van der Waals surface area contributed by atoms with Crippen molar-refractivity contribution in [2.24, 2.45) is 0 Å². The largest absolute Gasteiger partial charge is 0.494 e. The standard InChI is InChI=1S/C23H25ClF3NO4/c24-19-9-5-18(6-10-19)4-2-16-31-20-11-7-17(8-12-20)3-1-14-28-15-13-21(29)32-22(30)23(25,26)27/h5-12,28H,1-4,13-16H2. The summed E-state index contributed by atoms with van der Waals surface area (Å²) in [6.45, 7) is 1.32. The lowest BCUT2D eigenvalue weighted by molar-refractivity contribution is -0.201. The maximum atomic E-state index is 12.0. The number of carbonyl (C=O) groups excluding carboxylic acids is 2. The highest BCUT2D eigenvalue weighted by Crippen LogP contribution is 2.17. The van der Waals surface area contributed by atoms with Gasteiger partial charge in [0.05, 0.1) is 13.0 Å². The van der Waals surface area contributed by atoms with Gasteiger partial charge in [0, 0.05) is 11.6 Å². The third kappa shape index (κ3) is 10.2. The van der Waals surface area contributed by atoms with Gasteiger partial charge in [-0.25, -0.2) is 4.79 Å². The van der Waals surface area contributed by atoms with E-state index >= 15 is 0 Å². The Hall–Kier alpha value is -2.58. The summed E-state index contributed by atoms with van der Waals surface area (Å²) in [5.41, 5.74) is 2.34. The molecule has 5 nitrogen and oxygen atoms in total. The number of nitrogens with one attached hydrogen (secondary N) is 1. The van der Waals surface area contributed by atoms with Crippen molar-refractivity contribution in [3.05, 3.63) is 64.7 Å². The lowest BCUT2D eigenvalue weighted by Gasteiger charge is -2.08. The molecule has 0 saturated carbocycles. The lowest BCUT2D eigenvalue weighted by Crippen LogP contribution is -2.29. The summed E-state index contributed by atoms with van der Waals surface area (Å²) in [6, 6.07) is 15.6. The minimum absolute atomic E-state index is 0.132. The van der Waals surface area contributed by atoms with E-state index < -0.39 is 18.1 Å². The van der Waals surface area contributed by atoms with Gasteiger partial charge < -0.3 is 14.8 Å². The molecule has 1 N–H and O–H groups in total. The summed E-state index contributed by atoms with van der Waals surface area (Å²) in [7, 11) is 0. The topological polar surface area (TPSA) is 64.6 Å². The zero-order valence-corrected chi connectivity index (χ0v) is 18.2. The highest BCUT2D eigenvalue weighted by Gasteiger charge is 2.42. The van der Waals surface area contributed by atoms with E-state index in [1.165, 1.54) is 5.56 Å². The van der Waals surface area contributed by atoms with Gasteiger partial charge in [-0.1, -0.05) is 35.9 Å². The van der Waals surface area contributed by atoms with Crippen LogP contribution in [0.2, 0.25) is 5.02 Å². The van der Waals surface area contributed by atoms with Crippen LogP contribution >= 0.6 is 11.6 Å². The maximum Gasteiger partial charge on any atom is 0.491 e. The molecule has 0 aliphatic rings. The van der Waals surface area contributed by atoms with Crippen LogP contribution in [0, 0.1) is 0 Å². The first-order valence-electron chi connectivity index (χ1n) is 10.2. The molecule has 0 spiro atoms. The average Bonchev–Trinajstić information content (AvgIpc) is 2.75. The molecule has 0 aliphatic carbocycles. The molecule has 0 radical (unpaired) electrons. The molecule has 0 aromatic heterocycles. The molecular weight excluding hydrogens is 447 g/mol. The van der Waals surface area contributed by atoms with Crippen LogP contribution < -0.4 is 10.1 Å². The number of halogens is 4. The predicted molar refractivity (Wildman–Crippen MR) is 115 cm³/mol. The van der Waals surface area contributed by atoms with Gasteiger partial charge in [0.25, 0.3) is 0 Å². The predicted octanol–water partition coefficient (Wildman–Crippen LogP) is 4.90. The van der Waals surface area contributed by atoms with E-state index in [4.69, 9.17) is 16.3 Å². The Morgan fingerprint density at radius 2 is 1.47 bits per heavy atom.